The maximum atomic E-state index is 12.3. The van der Waals surface area contributed by atoms with Gasteiger partial charge in [-0.25, -0.2) is 0 Å². The van der Waals surface area contributed by atoms with Crippen LogP contribution in [0.2, 0.25) is 0 Å². The quantitative estimate of drug-likeness (QED) is 0.223. The van der Waals surface area contributed by atoms with Crippen molar-refractivity contribution in [3.8, 4) is 5.75 Å². The number of carbonyl (C=O) groups is 4. The second-order valence-corrected chi connectivity index (χ2v) is 5.61. The standard InChI is InChI=1S/C16H22N4O7/c17-11(8-21)15(26)20-12(5-9-1-3-10(22)4-2-9)16(27)19-6-13(23)18-7-14(24)25/h1-4,11-12,21-22H,5-8,17H2,(H,18,23)(H,19,27)(H,20,26)(H,24,25). The van der Waals surface area contributed by atoms with E-state index < -0.39 is 55.5 Å². The fraction of sp³-hybridized carbons (Fsp3) is 0.375. The minimum absolute atomic E-state index is 0.0289. The molecule has 1 aromatic rings. The first kappa shape index (κ1) is 21.9. The second-order valence-electron chi connectivity index (χ2n) is 5.61. The van der Waals surface area contributed by atoms with Crippen molar-refractivity contribution >= 4 is 23.7 Å². The molecule has 0 radical (unpaired) electrons. The van der Waals surface area contributed by atoms with Crippen LogP contribution in [0.5, 0.6) is 5.75 Å². The Morgan fingerprint density at radius 1 is 1.00 bits per heavy atom. The third-order valence-corrected chi connectivity index (χ3v) is 3.40. The number of rotatable bonds is 10. The highest BCUT2D eigenvalue weighted by Crippen LogP contribution is 2.11. The smallest absolute Gasteiger partial charge is 0.322 e. The summed E-state index contributed by atoms with van der Waals surface area (Å²) >= 11 is 0. The number of nitrogens with two attached hydrogens (primary N) is 1. The van der Waals surface area contributed by atoms with Gasteiger partial charge in [-0.3, -0.25) is 19.2 Å². The van der Waals surface area contributed by atoms with Gasteiger partial charge in [-0.05, 0) is 17.7 Å². The topological polar surface area (TPSA) is 191 Å². The van der Waals surface area contributed by atoms with E-state index in [-0.39, 0.29) is 12.2 Å². The molecule has 11 nitrogen and oxygen atoms in total. The number of aliphatic hydroxyl groups is 1. The Morgan fingerprint density at radius 3 is 2.19 bits per heavy atom. The Balaban J connectivity index is 2.74. The summed E-state index contributed by atoms with van der Waals surface area (Å²) in [6.07, 6.45) is 0.0345. The normalized spacial score (nSPS) is 12.5. The van der Waals surface area contributed by atoms with E-state index in [1.54, 1.807) is 12.1 Å². The van der Waals surface area contributed by atoms with Gasteiger partial charge in [-0.1, -0.05) is 12.1 Å². The number of carboxylic acid groups (broad SMARTS) is 1. The van der Waals surface area contributed by atoms with Gasteiger partial charge >= 0.3 is 5.97 Å². The second kappa shape index (κ2) is 10.7. The number of phenols is 1. The van der Waals surface area contributed by atoms with Crippen molar-refractivity contribution in [1.29, 1.82) is 0 Å². The fourth-order valence-corrected chi connectivity index (χ4v) is 1.97. The number of nitrogens with one attached hydrogen (secondary N) is 3. The Morgan fingerprint density at radius 2 is 1.63 bits per heavy atom. The number of carboxylic acids is 1. The zero-order chi connectivity index (χ0) is 20.4. The zero-order valence-corrected chi connectivity index (χ0v) is 14.3. The van der Waals surface area contributed by atoms with E-state index in [1.165, 1.54) is 12.1 Å². The van der Waals surface area contributed by atoms with Crippen LogP contribution in [-0.4, -0.2) is 70.8 Å². The molecular weight excluding hydrogens is 360 g/mol. The van der Waals surface area contributed by atoms with Gasteiger partial charge in [0, 0.05) is 6.42 Å². The van der Waals surface area contributed by atoms with Gasteiger partial charge in [0.2, 0.25) is 17.7 Å². The van der Waals surface area contributed by atoms with Gasteiger partial charge in [0.25, 0.3) is 0 Å². The first-order valence-corrected chi connectivity index (χ1v) is 7.93. The molecular formula is C16H22N4O7. The van der Waals surface area contributed by atoms with Gasteiger partial charge in [0.15, 0.2) is 0 Å². The highest BCUT2D eigenvalue weighted by Gasteiger charge is 2.24. The highest BCUT2D eigenvalue weighted by atomic mass is 16.4. The molecule has 3 amide bonds. The van der Waals surface area contributed by atoms with Crippen molar-refractivity contribution in [2.75, 3.05) is 19.7 Å². The molecule has 0 fully saturated rings. The molecule has 0 aliphatic heterocycles. The lowest BCUT2D eigenvalue weighted by Gasteiger charge is -2.20. The van der Waals surface area contributed by atoms with Gasteiger partial charge < -0.3 is 37.0 Å². The molecule has 0 saturated carbocycles. The van der Waals surface area contributed by atoms with Crippen molar-refractivity contribution in [2.24, 2.45) is 5.73 Å². The third-order valence-electron chi connectivity index (χ3n) is 3.40. The zero-order valence-electron chi connectivity index (χ0n) is 14.3. The molecule has 0 aliphatic rings. The summed E-state index contributed by atoms with van der Waals surface area (Å²) < 4.78 is 0. The summed E-state index contributed by atoms with van der Waals surface area (Å²) in [7, 11) is 0. The van der Waals surface area contributed by atoms with Crippen LogP contribution in [0.1, 0.15) is 5.56 Å². The lowest BCUT2D eigenvalue weighted by atomic mass is 10.0. The molecule has 148 valence electrons. The van der Waals surface area contributed by atoms with Crippen LogP contribution in [0, 0.1) is 0 Å². The first-order chi connectivity index (χ1) is 12.7. The molecule has 2 unspecified atom stereocenters. The Kier molecular flexibility index (Phi) is 8.69. The van der Waals surface area contributed by atoms with Crippen molar-refractivity contribution in [3.63, 3.8) is 0 Å². The summed E-state index contributed by atoms with van der Waals surface area (Å²) in [5, 5.41) is 33.5. The Hall–Kier alpha value is -3.18. The maximum Gasteiger partial charge on any atom is 0.322 e. The molecule has 0 aromatic heterocycles. The van der Waals surface area contributed by atoms with Crippen molar-refractivity contribution in [2.45, 2.75) is 18.5 Å². The monoisotopic (exact) mass is 382 g/mol. The number of aliphatic hydroxyl groups excluding tert-OH is 1. The molecule has 1 rings (SSSR count). The van der Waals surface area contributed by atoms with Crippen LogP contribution in [0.15, 0.2) is 24.3 Å². The molecule has 0 saturated heterocycles. The van der Waals surface area contributed by atoms with E-state index in [0.717, 1.165) is 0 Å². The summed E-state index contributed by atoms with van der Waals surface area (Å²) in [5.41, 5.74) is 6.03. The Labute approximate surface area is 154 Å². The van der Waals surface area contributed by atoms with Crippen LogP contribution >= 0.6 is 0 Å². The summed E-state index contributed by atoms with van der Waals surface area (Å²) in [6, 6.07) is 3.59. The highest BCUT2D eigenvalue weighted by molar-refractivity contribution is 5.92. The number of hydrogen-bond acceptors (Lipinski definition) is 7. The predicted molar refractivity (Wildman–Crippen MR) is 92.5 cm³/mol. The lowest BCUT2D eigenvalue weighted by Crippen LogP contribution is -2.54. The average Bonchev–Trinajstić information content (AvgIpc) is 2.64. The van der Waals surface area contributed by atoms with Crippen molar-refractivity contribution < 1.29 is 34.5 Å². The minimum Gasteiger partial charge on any atom is -0.508 e. The van der Waals surface area contributed by atoms with Crippen LogP contribution in [0.25, 0.3) is 0 Å². The number of carbonyl (C=O) groups excluding carboxylic acids is 3. The minimum atomic E-state index is -1.23. The largest absolute Gasteiger partial charge is 0.508 e. The molecule has 0 bridgehead atoms. The van der Waals surface area contributed by atoms with E-state index in [9.17, 15) is 24.3 Å². The van der Waals surface area contributed by atoms with Crippen LogP contribution in [0.3, 0.4) is 0 Å². The molecule has 1 aromatic carbocycles. The van der Waals surface area contributed by atoms with Crippen molar-refractivity contribution in [1.82, 2.24) is 16.0 Å². The van der Waals surface area contributed by atoms with Crippen LogP contribution in [0.4, 0.5) is 0 Å². The number of amides is 3. The molecule has 2 atom stereocenters. The summed E-state index contributed by atoms with van der Waals surface area (Å²) in [4.78, 5) is 46.1. The first-order valence-electron chi connectivity index (χ1n) is 7.93. The third kappa shape index (κ3) is 8.16. The summed E-state index contributed by atoms with van der Waals surface area (Å²) in [6.45, 7) is -1.69. The van der Waals surface area contributed by atoms with Gasteiger partial charge in [0.1, 0.15) is 24.4 Å². The number of aliphatic carboxylic acids is 1. The molecule has 11 heteroatoms. The average molecular weight is 382 g/mol. The van der Waals surface area contributed by atoms with Crippen LogP contribution < -0.4 is 21.7 Å². The Bertz CT molecular complexity index is 678. The number of aromatic hydroxyl groups is 1. The molecule has 8 N–H and O–H groups in total. The van der Waals surface area contributed by atoms with Gasteiger partial charge in [-0.2, -0.15) is 0 Å². The van der Waals surface area contributed by atoms with E-state index in [2.05, 4.69) is 16.0 Å². The molecule has 27 heavy (non-hydrogen) atoms. The molecule has 0 aliphatic carbocycles. The number of benzene rings is 1. The SMILES string of the molecule is NC(CO)C(=O)NC(Cc1ccc(O)cc1)C(=O)NCC(=O)NCC(=O)O. The van der Waals surface area contributed by atoms with E-state index in [1.807, 2.05) is 0 Å². The van der Waals surface area contributed by atoms with E-state index in [0.29, 0.717) is 5.56 Å². The fourth-order valence-electron chi connectivity index (χ4n) is 1.97. The predicted octanol–water partition coefficient (Wildman–Crippen LogP) is -2.94. The van der Waals surface area contributed by atoms with Crippen LogP contribution in [-0.2, 0) is 25.6 Å². The summed E-state index contributed by atoms with van der Waals surface area (Å²) in [5.74, 6) is -3.38. The maximum absolute atomic E-state index is 12.3. The van der Waals surface area contributed by atoms with E-state index in [4.69, 9.17) is 15.9 Å². The van der Waals surface area contributed by atoms with Gasteiger partial charge in [0.05, 0.1) is 13.2 Å². The van der Waals surface area contributed by atoms with Gasteiger partial charge in [-0.15, -0.1) is 0 Å². The number of hydrogen-bond donors (Lipinski definition) is 7. The molecule has 0 spiro atoms. The number of phenolic OH excluding ortho intramolecular Hbond substituents is 1. The lowest BCUT2D eigenvalue weighted by molar-refractivity contribution is -0.138. The molecule has 0 heterocycles. The van der Waals surface area contributed by atoms with Crippen molar-refractivity contribution in [3.05, 3.63) is 29.8 Å². The van der Waals surface area contributed by atoms with E-state index >= 15 is 0 Å².